The van der Waals surface area contributed by atoms with Crippen molar-refractivity contribution in [1.29, 1.82) is 5.41 Å². The number of nitrogens with one attached hydrogen (secondary N) is 3. The number of nitrogens with zero attached hydrogens (tertiary/aromatic N) is 2. The maximum Gasteiger partial charge on any atom is 0.158 e. The smallest absolute Gasteiger partial charge is 0.158 e. The van der Waals surface area contributed by atoms with Crippen LogP contribution >= 0.6 is 0 Å². The van der Waals surface area contributed by atoms with E-state index >= 15 is 0 Å². The molecule has 0 aliphatic carbocycles. The van der Waals surface area contributed by atoms with Gasteiger partial charge in [0.2, 0.25) is 0 Å². The minimum Gasteiger partial charge on any atom is -0.396 e. The number of aromatic amines is 1. The molecule has 4 N–H and O–H groups in total. The van der Waals surface area contributed by atoms with E-state index in [2.05, 4.69) is 15.3 Å². The average molecular weight is 412 g/mol. The molecule has 0 atom stereocenters. The van der Waals surface area contributed by atoms with Crippen LogP contribution in [0.4, 0.5) is 0 Å². The van der Waals surface area contributed by atoms with Crippen LogP contribution in [-0.2, 0) is 0 Å². The SMILES string of the molecule is Cc1ccc(C(=N)/C(=C\NCCCO)c2ccnc3[nH]c(-c4ccccc4)nc23)cc1. The normalized spacial score (nSPS) is 11.6. The van der Waals surface area contributed by atoms with E-state index < -0.39 is 0 Å². The topological polar surface area (TPSA) is 97.7 Å². The van der Waals surface area contributed by atoms with Gasteiger partial charge >= 0.3 is 0 Å². The average Bonchev–Trinajstić information content (AvgIpc) is 3.25. The second-order valence-electron chi connectivity index (χ2n) is 7.34. The molecule has 0 aliphatic rings. The number of aliphatic hydroxyl groups excluding tert-OH is 1. The molecule has 0 spiro atoms. The number of aromatic nitrogens is 3. The Bertz CT molecular complexity index is 1210. The van der Waals surface area contributed by atoms with E-state index in [0.29, 0.717) is 29.8 Å². The van der Waals surface area contributed by atoms with E-state index in [1.807, 2.05) is 73.8 Å². The van der Waals surface area contributed by atoms with E-state index in [-0.39, 0.29) is 6.61 Å². The fraction of sp³-hybridized carbons (Fsp3) is 0.160. The third-order valence-electron chi connectivity index (χ3n) is 5.06. The highest BCUT2D eigenvalue weighted by Gasteiger charge is 2.17. The van der Waals surface area contributed by atoms with Crippen molar-refractivity contribution < 1.29 is 5.11 Å². The summed E-state index contributed by atoms with van der Waals surface area (Å²) in [4.78, 5) is 12.6. The van der Waals surface area contributed by atoms with E-state index in [4.69, 9.17) is 15.5 Å². The van der Waals surface area contributed by atoms with Gasteiger partial charge in [0, 0.05) is 47.8 Å². The predicted molar refractivity (Wildman–Crippen MR) is 125 cm³/mol. The lowest BCUT2D eigenvalue weighted by Gasteiger charge is -2.12. The van der Waals surface area contributed by atoms with Crippen molar-refractivity contribution >= 4 is 22.4 Å². The molecule has 4 aromatic rings. The van der Waals surface area contributed by atoms with Crippen molar-refractivity contribution in [3.8, 4) is 11.4 Å². The summed E-state index contributed by atoms with van der Waals surface area (Å²) in [7, 11) is 0. The Balaban J connectivity index is 1.79. The van der Waals surface area contributed by atoms with Crippen LogP contribution in [0.25, 0.3) is 28.1 Å². The van der Waals surface area contributed by atoms with Crippen LogP contribution in [0.5, 0.6) is 0 Å². The van der Waals surface area contributed by atoms with Crippen molar-refractivity contribution in [2.45, 2.75) is 13.3 Å². The zero-order valence-corrected chi connectivity index (χ0v) is 17.4. The van der Waals surface area contributed by atoms with Crippen LogP contribution in [0.15, 0.2) is 73.1 Å². The number of aliphatic hydroxyl groups is 1. The van der Waals surface area contributed by atoms with Crippen LogP contribution in [0, 0.1) is 12.3 Å². The Labute approximate surface area is 181 Å². The van der Waals surface area contributed by atoms with Crippen molar-refractivity contribution in [2.24, 2.45) is 0 Å². The molecule has 2 aromatic carbocycles. The number of fused-ring (bicyclic) bond motifs is 1. The van der Waals surface area contributed by atoms with Gasteiger partial charge in [0.1, 0.15) is 11.3 Å². The first-order valence-corrected chi connectivity index (χ1v) is 10.3. The highest BCUT2D eigenvalue weighted by atomic mass is 16.3. The summed E-state index contributed by atoms with van der Waals surface area (Å²) < 4.78 is 0. The molecule has 156 valence electrons. The Hall–Kier alpha value is -3.77. The van der Waals surface area contributed by atoms with Gasteiger partial charge in [-0.15, -0.1) is 0 Å². The number of pyridine rings is 1. The van der Waals surface area contributed by atoms with Crippen LogP contribution < -0.4 is 5.32 Å². The number of H-pyrrole nitrogens is 1. The molecule has 0 saturated heterocycles. The Morgan fingerprint density at radius 3 is 2.61 bits per heavy atom. The van der Waals surface area contributed by atoms with Gasteiger partial charge < -0.3 is 15.4 Å². The number of allylic oxidation sites excluding steroid dienone is 1. The summed E-state index contributed by atoms with van der Waals surface area (Å²) in [6.45, 7) is 2.76. The van der Waals surface area contributed by atoms with E-state index in [0.717, 1.165) is 33.7 Å². The monoisotopic (exact) mass is 411 g/mol. The van der Waals surface area contributed by atoms with Crippen molar-refractivity contribution in [1.82, 2.24) is 20.3 Å². The fourth-order valence-electron chi connectivity index (χ4n) is 3.38. The number of hydrogen-bond acceptors (Lipinski definition) is 5. The largest absolute Gasteiger partial charge is 0.396 e. The lowest BCUT2D eigenvalue weighted by molar-refractivity contribution is 0.288. The van der Waals surface area contributed by atoms with Crippen LogP contribution in [0.3, 0.4) is 0 Å². The van der Waals surface area contributed by atoms with Crippen LogP contribution in [-0.4, -0.2) is 38.9 Å². The summed E-state index contributed by atoms with van der Waals surface area (Å²) in [5, 5.41) is 21.2. The van der Waals surface area contributed by atoms with E-state index in [9.17, 15) is 0 Å². The number of hydrogen-bond donors (Lipinski definition) is 4. The van der Waals surface area contributed by atoms with Crippen molar-refractivity contribution in [3.63, 3.8) is 0 Å². The molecule has 2 heterocycles. The summed E-state index contributed by atoms with van der Waals surface area (Å²) >= 11 is 0. The minimum atomic E-state index is 0.116. The molecule has 0 bridgehead atoms. The molecule has 0 radical (unpaired) electrons. The van der Waals surface area contributed by atoms with Gasteiger partial charge in [0.25, 0.3) is 0 Å². The second kappa shape index (κ2) is 9.36. The number of aryl methyl sites for hydroxylation is 1. The minimum absolute atomic E-state index is 0.116. The van der Waals surface area contributed by atoms with Gasteiger partial charge in [-0.2, -0.15) is 0 Å². The molecular formula is C25H25N5O. The molecule has 0 amide bonds. The first kappa shape index (κ1) is 20.5. The first-order chi connectivity index (χ1) is 15.2. The quantitative estimate of drug-likeness (QED) is 0.256. The summed E-state index contributed by atoms with van der Waals surface area (Å²) in [6.07, 6.45) is 4.20. The molecule has 4 rings (SSSR count). The fourth-order valence-corrected chi connectivity index (χ4v) is 3.38. The van der Waals surface area contributed by atoms with Gasteiger partial charge in [-0.25, -0.2) is 9.97 Å². The molecule has 0 fully saturated rings. The van der Waals surface area contributed by atoms with Gasteiger partial charge in [0.05, 0.1) is 5.71 Å². The third kappa shape index (κ3) is 4.54. The molecule has 0 unspecified atom stereocenters. The molecule has 31 heavy (non-hydrogen) atoms. The zero-order chi connectivity index (χ0) is 21.6. The van der Waals surface area contributed by atoms with Gasteiger partial charge in [0.15, 0.2) is 5.65 Å². The highest BCUT2D eigenvalue weighted by molar-refractivity contribution is 6.31. The maximum absolute atomic E-state index is 9.09. The lowest BCUT2D eigenvalue weighted by Crippen LogP contribution is -2.13. The molecular weight excluding hydrogens is 386 g/mol. The summed E-state index contributed by atoms with van der Waals surface area (Å²) in [6, 6.07) is 19.7. The molecule has 2 aromatic heterocycles. The van der Waals surface area contributed by atoms with E-state index in [1.54, 1.807) is 6.20 Å². The van der Waals surface area contributed by atoms with Crippen LogP contribution in [0.2, 0.25) is 0 Å². The molecule has 0 aliphatic heterocycles. The molecule has 6 nitrogen and oxygen atoms in total. The van der Waals surface area contributed by atoms with Crippen LogP contribution in [0.1, 0.15) is 23.1 Å². The Kier molecular flexibility index (Phi) is 6.19. The zero-order valence-electron chi connectivity index (χ0n) is 17.4. The Morgan fingerprint density at radius 1 is 1.10 bits per heavy atom. The summed E-state index contributed by atoms with van der Waals surface area (Å²) in [5.74, 6) is 0.741. The van der Waals surface area contributed by atoms with Crippen molar-refractivity contribution in [3.05, 3.63) is 89.8 Å². The summed E-state index contributed by atoms with van der Waals surface area (Å²) in [5.41, 5.74) is 6.28. The van der Waals surface area contributed by atoms with Gasteiger partial charge in [-0.3, -0.25) is 5.41 Å². The predicted octanol–water partition coefficient (Wildman–Crippen LogP) is 4.31. The number of imidazole rings is 1. The third-order valence-corrected chi connectivity index (χ3v) is 5.06. The number of rotatable bonds is 8. The van der Waals surface area contributed by atoms with Crippen molar-refractivity contribution in [2.75, 3.05) is 13.2 Å². The van der Waals surface area contributed by atoms with Gasteiger partial charge in [-0.05, 0) is 19.4 Å². The Morgan fingerprint density at radius 2 is 1.87 bits per heavy atom. The highest BCUT2D eigenvalue weighted by Crippen LogP contribution is 2.27. The van der Waals surface area contributed by atoms with Gasteiger partial charge in [-0.1, -0.05) is 60.2 Å². The standard InChI is InChI=1S/C25H25N5O/c1-17-8-10-18(11-9-17)22(26)21(16-27-13-5-15-31)20-12-14-28-25-23(20)29-24(30-25)19-6-3-2-4-7-19/h2-4,6-12,14,16,26-27,31H,5,13,15H2,1H3,(H,28,29,30)/b21-16-,26-22?. The molecule has 0 saturated carbocycles. The maximum atomic E-state index is 9.09. The first-order valence-electron chi connectivity index (χ1n) is 10.3. The number of benzene rings is 2. The van der Waals surface area contributed by atoms with E-state index in [1.165, 1.54) is 0 Å². The second-order valence-corrected chi connectivity index (χ2v) is 7.34. The molecule has 6 heteroatoms. The lowest BCUT2D eigenvalue weighted by atomic mass is 9.96.